The average Bonchev–Trinajstić information content (AvgIpc) is 3.49. The third-order valence-electron chi connectivity index (χ3n) is 6.11. The molecule has 2 unspecified atom stereocenters. The summed E-state index contributed by atoms with van der Waals surface area (Å²) < 4.78 is 12.9. The number of nitrogen functional groups attached to an aromatic ring is 1. The van der Waals surface area contributed by atoms with Gasteiger partial charge in [0.2, 0.25) is 11.8 Å². The molecule has 1 aliphatic rings. The molecule has 2 N–H and O–H groups in total. The van der Waals surface area contributed by atoms with Gasteiger partial charge in [-0.15, -0.1) is 5.10 Å². The van der Waals surface area contributed by atoms with E-state index in [0.29, 0.717) is 48.5 Å². The van der Waals surface area contributed by atoms with Crippen molar-refractivity contribution in [2.24, 2.45) is 0 Å². The first-order valence-corrected chi connectivity index (χ1v) is 11.3. The summed E-state index contributed by atoms with van der Waals surface area (Å²) in [5.41, 5.74) is 8.07. The van der Waals surface area contributed by atoms with Gasteiger partial charge in [0.1, 0.15) is 5.82 Å². The highest BCUT2D eigenvalue weighted by molar-refractivity contribution is 5.59. The van der Waals surface area contributed by atoms with E-state index < -0.39 is 0 Å². The van der Waals surface area contributed by atoms with Gasteiger partial charge in [0.05, 0.1) is 19.5 Å². The zero-order valence-corrected chi connectivity index (χ0v) is 19.0. The second-order valence-corrected chi connectivity index (χ2v) is 8.53. The molecule has 0 spiro atoms. The molecule has 1 saturated heterocycles. The highest BCUT2D eigenvalue weighted by Crippen LogP contribution is 2.24. The molecule has 9 nitrogen and oxygen atoms in total. The van der Waals surface area contributed by atoms with Crippen molar-refractivity contribution in [1.82, 2.24) is 24.5 Å². The van der Waals surface area contributed by atoms with Crippen LogP contribution in [0.1, 0.15) is 19.4 Å². The fourth-order valence-electron chi connectivity index (χ4n) is 4.49. The van der Waals surface area contributed by atoms with Gasteiger partial charge in [0.25, 0.3) is 0 Å². The Balaban J connectivity index is 1.24. The van der Waals surface area contributed by atoms with Crippen molar-refractivity contribution in [2.45, 2.75) is 32.5 Å². The molecule has 1 aliphatic heterocycles. The van der Waals surface area contributed by atoms with Gasteiger partial charge in [-0.3, -0.25) is 4.90 Å². The quantitative estimate of drug-likeness (QED) is 0.432. The second kappa shape index (κ2) is 9.21. The first-order chi connectivity index (χ1) is 16.1. The smallest absolute Gasteiger partial charge is 0.225 e. The molecule has 172 valence electrons. The number of rotatable bonds is 7. The molecule has 2 atom stereocenters. The summed E-state index contributed by atoms with van der Waals surface area (Å²) in [7, 11) is 0. The van der Waals surface area contributed by atoms with Gasteiger partial charge in [-0.05, 0) is 31.5 Å². The molecule has 33 heavy (non-hydrogen) atoms. The van der Waals surface area contributed by atoms with Crippen LogP contribution in [0.4, 0.5) is 11.8 Å². The molecule has 0 saturated carbocycles. The number of piperazine rings is 1. The monoisotopic (exact) mass is 447 g/mol. The van der Waals surface area contributed by atoms with E-state index in [4.69, 9.17) is 14.9 Å². The predicted octanol–water partition coefficient (Wildman–Crippen LogP) is 3.08. The van der Waals surface area contributed by atoms with Crippen LogP contribution in [0, 0.1) is 0 Å². The van der Waals surface area contributed by atoms with E-state index in [1.807, 2.05) is 36.4 Å². The van der Waals surface area contributed by atoms with Crippen molar-refractivity contribution in [3.8, 4) is 11.6 Å². The minimum absolute atomic E-state index is 0.310. The number of fused-ring (bicyclic) bond motifs is 1. The molecule has 0 bridgehead atoms. The Hall–Kier alpha value is -3.43. The van der Waals surface area contributed by atoms with E-state index in [1.165, 1.54) is 5.56 Å². The van der Waals surface area contributed by atoms with Crippen molar-refractivity contribution >= 4 is 17.4 Å². The van der Waals surface area contributed by atoms with Crippen LogP contribution < -0.4 is 10.6 Å². The molecule has 4 aromatic rings. The van der Waals surface area contributed by atoms with E-state index in [9.17, 15) is 0 Å². The maximum absolute atomic E-state index is 6.22. The molecule has 0 amide bonds. The third kappa shape index (κ3) is 4.55. The van der Waals surface area contributed by atoms with Gasteiger partial charge in [-0.25, -0.2) is 4.98 Å². The van der Waals surface area contributed by atoms with Crippen molar-refractivity contribution < 1.29 is 9.15 Å². The molecule has 0 radical (unpaired) electrons. The van der Waals surface area contributed by atoms with Crippen LogP contribution in [0.2, 0.25) is 0 Å². The predicted molar refractivity (Wildman–Crippen MR) is 127 cm³/mol. The molecule has 3 aromatic heterocycles. The summed E-state index contributed by atoms with van der Waals surface area (Å²) >= 11 is 0. The van der Waals surface area contributed by atoms with Gasteiger partial charge in [0, 0.05) is 37.8 Å². The largest absolute Gasteiger partial charge is 0.461 e. The molecule has 1 fully saturated rings. The Labute approximate surface area is 192 Å². The van der Waals surface area contributed by atoms with Crippen LogP contribution in [-0.4, -0.2) is 62.8 Å². The van der Waals surface area contributed by atoms with Gasteiger partial charge in [0.15, 0.2) is 11.4 Å². The standard InChI is InChI=1S/C24H29N7O2/c1-17-14-29(15-18(2)30(17)10-12-32-16-19-7-4-3-5-8-19)21-13-22-26-23(20-9-6-11-33-20)28-31(22)24(25)27-21/h3-9,11,13,17-18H,10,12,14-16H2,1-2H3,(H2,25,27). The van der Waals surface area contributed by atoms with Gasteiger partial charge >= 0.3 is 0 Å². The number of hydrogen-bond acceptors (Lipinski definition) is 8. The second-order valence-electron chi connectivity index (χ2n) is 8.53. The number of nitrogens with zero attached hydrogens (tertiary/aromatic N) is 6. The molecule has 9 heteroatoms. The lowest BCUT2D eigenvalue weighted by Gasteiger charge is -2.44. The van der Waals surface area contributed by atoms with E-state index in [-0.39, 0.29) is 0 Å². The molecule has 5 rings (SSSR count). The lowest BCUT2D eigenvalue weighted by Crippen LogP contribution is -2.57. The van der Waals surface area contributed by atoms with E-state index in [2.05, 4.69) is 50.8 Å². The summed E-state index contributed by atoms with van der Waals surface area (Å²) in [6.45, 7) is 8.44. The summed E-state index contributed by atoms with van der Waals surface area (Å²) in [6, 6.07) is 16.6. The van der Waals surface area contributed by atoms with Crippen LogP contribution >= 0.6 is 0 Å². The summed E-state index contributed by atoms with van der Waals surface area (Å²) in [5.74, 6) is 2.22. The minimum Gasteiger partial charge on any atom is -0.461 e. The number of hydrogen-bond donors (Lipinski definition) is 1. The Bertz CT molecular complexity index is 1180. The van der Waals surface area contributed by atoms with Crippen molar-refractivity contribution in [3.63, 3.8) is 0 Å². The van der Waals surface area contributed by atoms with E-state index in [0.717, 1.165) is 25.5 Å². The Morgan fingerprint density at radius 2 is 1.85 bits per heavy atom. The number of ether oxygens (including phenoxy) is 1. The molecule has 1 aromatic carbocycles. The van der Waals surface area contributed by atoms with Crippen molar-refractivity contribution in [1.29, 1.82) is 0 Å². The fraction of sp³-hybridized carbons (Fsp3) is 0.375. The number of nitrogens with two attached hydrogens (primary N) is 1. The maximum Gasteiger partial charge on any atom is 0.225 e. The molecular formula is C24H29N7O2. The molecule has 4 heterocycles. The lowest BCUT2D eigenvalue weighted by atomic mass is 10.1. The first kappa shape index (κ1) is 21.4. The number of benzene rings is 1. The lowest BCUT2D eigenvalue weighted by molar-refractivity contribution is 0.0560. The normalized spacial score (nSPS) is 19.4. The number of aromatic nitrogens is 4. The molecule has 0 aliphatic carbocycles. The fourth-order valence-corrected chi connectivity index (χ4v) is 4.49. The zero-order valence-electron chi connectivity index (χ0n) is 19.0. The van der Waals surface area contributed by atoms with E-state index in [1.54, 1.807) is 10.8 Å². The highest BCUT2D eigenvalue weighted by atomic mass is 16.5. The number of furan rings is 1. The topological polar surface area (TPSA) is 98.0 Å². The summed E-state index contributed by atoms with van der Waals surface area (Å²) in [6.07, 6.45) is 1.60. The van der Waals surface area contributed by atoms with Crippen LogP contribution in [0.25, 0.3) is 17.2 Å². The van der Waals surface area contributed by atoms with Crippen LogP contribution in [0.15, 0.2) is 59.2 Å². The maximum atomic E-state index is 6.22. The molecular weight excluding hydrogens is 418 g/mol. The summed E-state index contributed by atoms with van der Waals surface area (Å²) in [5, 5.41) is 4.43. The van der Waals surface area contributed by atoms with Crippen LogP contribution in [-0.2, 0) is 11.3 Å². The Morgan fingerprint density at radius 1 is 1.06 bits per heavy atom. The SMILES string of the molecule is CC1CN(c2cc3nc(-c4ccco4)nn3c(N)n2)CC(C)N1CCOCc1ccccc1. The van der Waals surface area contributed by atoms with Crippen molar-refractivity contribution in [2.75, 3.05) is 36.9 Å². The van der Waals surface area contributed by atoms with Crippen LogP contribution in [0.3, 0.4) is 0 Å². The average molecular weight is 448 g/mol. The Kier molecular flexibility index (Phi) is 5.97. The van der Waals surface area contributed by atoms with Gasteiger partial charge in [-0.2, -0.15) is 9.50 Å². The first-order valence-electron chi connectivity index (χ1n) is 11.3. The van der Waals surface area contributed by atoms with Gasteiger partial charge in [-0.1, -0.05) is 30.3 Å². The summed E-state index contributed by atoms with van der Waals surface area (Å²) in [4.78, 5) is 14.0. The number of anilines is 2. The Morgan fingerprint density at radius 3 is 2.58 bits per heavy atom. The highest BCUT2D eigenvalue weighted by Gasteiger charge is 2.30. The third-order valence-corrected chi connectivity index (χ3v) is 6.11. The van der Waals surface area contributed by atoms with E-state index >= 15 is 0 Å². The minimum atomic E-state index is 0.310. The zero-order chi connectivity index (χ0) is 22.8. The van der Waals surface area contributed by atoms with Crippen molar-refractivity contribution in [3.05, 3.63) is 60.4 Å². The van der Waals surface area contributed by atoms with Gasteiger partial charge < -0.3 is 19.8 Å². The van der Waals surface area contributed by atoms with Crippen LogP contribution in [0.5, 0.6) is 0 Å².